The average Bonchev–Trinajstić information content (AvgIpc) is 3.67. The van der Waals surface area contributed by atoms with E-state index in [1.165, 1.54) is 0 Å². The maximum absolute atomic E-state index is 13.7. The first kappa shape index (κ1) is 24.7. The van der Waals surface area contributed by atoms with Crippen molar-refractivity contribution in [3.63, 3.8) is 0 Å². The summed E-state index contributed by atoms with van der Waals surface area (Å²) in [4.78, 5) is 46.9. The Morgan fingerprint density at radius 2 is 1.82 bits per heavy atom. The lowest BCUT2D eigenvalue weighted by atomic mass is 10.1. The lowest BCUT2D eigenvalue weighted by Crippen LogP contribution is -2.32. The standard InChI is InChI=1S/C30H24BrN3O3S/c31-23-5-3-14-32-27(23)29(36)33-21-11-9-19(10-12-21)30(37)34-15-13-20-17-26(25(35)16-18-7-8-18)38-28(20)22-4-1-2-6-24(22)34/h1-6,9-12,14,17-18H,7-8,13,15-16H2,(H,33,36). The molecule has 0 radical (unpaired) electrons. The molecule has 38 heavy (non-hydrogen) atoms. The van der Waals surface area contributed by atoms with Crippen molar-refractivity contribution in [2.75, 3.05) is 16.8 Å². The van der Waals surface area contributed by atoms with E-state index in [1.54, 1.807) is 53.9 Å². The van der Waals surface area contributed by atoms with Gasteiger partial charge in [-0.2, -0.15) is 0 Å². The van der Waals surface area contributed by atoms with Crippen LogP contribution in [0.3, 0.4) is 0 Å². The second-order valence-electron chi connectivity index (χ2n) is 9.62. The zero-order valence-corrected chi connectivity index (χ0v) is 22.8. The van der Waals surface area contributed by atoms with E-state index in [2.05, 4.69) is 26.2 Å². The van der Waals surface area contributed by atoms with Gasteiger partial charge in [0.1, 0.15) is 5.69 Å². The van der Waals surface area contributed by atoms with Gasteiger partial charge >= 0.3 is 0 Å². The summed E-state index contributed by atoms with van der Waals surface area (Å²) in [6.07, 6.45) is 5.20. The van der Waals surface area contributed by atoms with Crippen molar-refractivity contribution in [3.05, 3.63) is 99.1 Å². The molecule has 1 aliphatic heterocycles. The molecule has 4 aromatic rings. The first-order valence-electron chi connectivity index (χ1n) is 12.6. The molecule has 6 rings (SSSR count). The minimum absolute atomic E-state index is 0.108. The van der Waals surface area contributed by atoms with Gasteiger partial charge in [0.05, 0.1) is 10.6 Å². The zero-order chi connectivity index (χ0) is 26.2. The topological polar surface area (TPSA) is 79.4 Å². The number of hydrogen-bond acceptors (Lipinski definition) is 5. The summed E-state index contributed by atoms with van der Waals surface area (Å²) in [5, 5.41) is 2.83. The number of carbonyl (C=O) groups is 3. The van der Waals surface area contributed by atoms with Gasteiger partial charge in [-0.25, -0.2) is 4.98 Å². The first-order chi connectivity index (χ1) is 18.5. The quantitative estimate of drug-likeness (QED) is 0.247. The van der Waals surface area contributed by atoms with E-state index in [9.17, 15) is 14.4 Å². The summed E-state index contributed by atoms with van der Waals surface area (Å²) < 4.78 is 0.608. The van der Waals surface area contributed by atoms with Crippen LogP contribution in [0.15, 0.2) is 77.4 Å². The molecule has 2 amide bonds. The highest BCUT2D eigenvalue weighted by Crippen LogP contribution is 2.43. The van der Waals surface area contributed by atoms with E-state index in [0.29, 0.717) is 46.7 Å². The van der Waals surface area contributed by atoms with E-state index in [0.717, 1.165) is 39.4 Å². The van der Waals surface area contributed by atoms with Crippen LogP contribution < -0.4 is 10.2 Å². The number of nitrogens with zero attached hydrogens (tertiary/aromatic N) is 2. The molecule has 0 unspecified atom stereocenters. The number of rotatable bonds is 6. The van der Waals surface area contributed by atoms with Crippen molar-refractivity contribution < 1.29 is 14.4 Å². The second-order valence-corrected chi connectivity index (χ2v) is 11.5. The minimum Gasteiger partial charge on any atom is -0.321 e. The largest absolute Gasteiger partial charge is 0.321 e. The van der Waals surface area contributed by atoms with Gasteiger partial charge in [0.15, 0.2) is 5.78 Å². The summed E-state index contributed by atoms with van der Waals surface area (Å²) >= 11 is 4.90. The number of pyridine rings is 1. The highest BCUT2D eigenvalue weighted by molar-refractivity contribution is 9.10. The highest BCUT2D eigenvalue weighted by Gasteiger charge is 2.29. The van der Waals surface area contributed by atoms with Crippen LogP contribution >= 0.6 is 27.3 Å². The van der Waals surface area contributed by atoms with Gasteiger partial charge in [0.2, 0.25) is 0 Å². The number of benzene rings is 2. The number of halogens is 1. The first-order valence-corrected chi connectivity index (χ1v) is 14.2. The Labute approximate surface area is 232 Å². The van der Waals surface area contributed by atoms with Gasteiger partial charge in [0, 0.05) is 45.3 Å². The minimum atomic E-state index is -0.334. The van der Waals surface area contributed by atoms with Crippen LogP contribution in [0.1, 0.15) is 55.3 Å². The van der Waals surface area contributed by atoms with Crippen molar-refractivity contribution >= 4 is 56.2 Å². The number of carbonyl (C=O) groups excluding carboxylic acids is 3. The smallest absolute Gasteiger partial charge is 0.275 e. The fraction of sp³-hybridized carbons (Fsp3) is 0.200. The van der Waals surface area contributed by atoms with Gasteiger partial charge in [-0.15, -0.1) is 11.3 Å². The number of fused-ring (bicyclic) bond motifs is 3. The van der Waals surface area contributed by atoms with Gasteiger partial charge in [-0.1, -0.05) is 18.2 Å². The van der Waals surface area contributed by atoms with Crippen LogP contribution in [0, 0.1) is 5.92 Å². The predicted molar refractivity (Wildman–Crippen MR) is 153 cm³/mol. The predicted octanol–water partition coefficient (Wildman–Crippen LogP) is 7.01. The van der Waals surface area contributed by atoms with Crippen LogP contribution in [-0.2, 0) is 6.42 Å². The van der Waals surface area contributed by atoms with Crippen LogP contribution in [0.5, 0.6) is 0 Å². The molecule has 0 spiro atoms. The molecule has 0 saturated heterocycles. The fourth-order valence-electron chi connectivity index (χ4n) is 4.72. The Bertz CT molecular complexity index is 1560. The second kappa shape index (κ2) is 10.3. The van der Waals surface area contributed by atoms with Crippen LogP contribution in [-0.4, -0.2) is 29.1 Å². The molecular weight excluding hydrogens is 562 g/mol. The number of ketones is 1. The molecule has 1 saturated carbocycles. The van der Waals surface area contributed by atoms with Crippen LogP contribution in [0.2, 0.25) is 0 Å². The molecule has 8 heteroatoms. The summed E-state index contributed by atoms with van der Waals surface area (Å²) in [5.74, 6) is 0.349. The zero-order valence-electron chi connectivity index (χ0n) is 20.4. The number of Topliss-reactive ketones (excluding diaryl/α,β-unsaturated/α-hetero) is 1. The molecular formula is C30H24BrN3O3S. The van der Waals surface area contributed by atoms with Crippen molar-refractivity contribution in [2.24, 2.45) is 5.92 Å². The van der Waals surface area contributed by atoms with Gasteiger partial charge in [0.25, 0.3) is 11.8 Å². The van der Waals surface area contributed by atoms with Crippen molar-refractivity contribution in [3.8, 4) is 10.4 Å². The third-order valence-electron chi connectivity index (χ3n) is 6.91. The van der Waals surface area contributed by atoms with E-state index in [4.69, 9.17) is 0 Å². The molecule has 2 aromatic carbocycles. The van der Waals surface area contributed by atoms with Crippen molar-refractivity contribution in [2.45, 2.75) is 25.7 Å². The number of anilines is 2. The number of nitrogens with one attached hydrogen (secondary N) is 1. The maximum atomic E-state index is 13.7. The molecule has 2 aliphatic rings. The highest BCUT2D eigenvalue weighted by atomic mass is 79.9. The molecule has 0 bridgehead atoms. The van der Waals surface area contributed by atoms with Crippen LogP contribution in [0.4, 0.5) is 11.4 Å². The van der Waals surface area contributed by atoms with Gasteiger partial charge in [-0.3, -0.25) is 14.4 Å². The molecule has 6 nitrogen and oxygen atoms in total. The van der Waals surface area contributed by atoms with E-state index in [1.807, 2.05) is 35.2 Å². The number of aromatic nitrogens is 1. The third kappa shape index (κ3) is 4.93. The Kier molecular flexibility index (Phi) is 6.68. The summed E-state index contributed by atoms with van der Waals surface area (Å²) in [6.45, 7) is 0.516. The molecule has 2 aromatic heterocycles. The number of hydrogen-bond donors (Lipinski definition) is 1. The Balaban J connectivity index is 1.23. The van der Waals surface area contributed by atoms with Crippen molar-refractivity contribution in [1.82, 2.24) is 4.98 Å². The van der Waals surface area contributed by atoms with E-state index in [-0.39, 0.29) is 17.6 Å². The van der Waals surface area contributed by atoms with E-state index >= 15 is 0 Å². The Hall–Kier alpha value is -3.62. The molecule has 3 heterocycles. The lowest BCUT2D eigenvalue weighted by Gasteiger charge is -2.23. The average molecular weight is 587 g/mol. The third-order valence-corrected chi connectivity index (χ3v) is 8.80. The van der Waals surface area contributed by atoms with Crippen molar-refractivity contribution in [1.29, 1.82) is 0 Å². The SMILES string of the molecule is O=C(CC1CC1)c1cc2c(s1)-c1ccccc1N(C(=O)c1ccc(NC(=O)c3ncccc3Br)cc1)CC2. The van der Waals surface area contributed by atoms with Gasteiger partial charge in [-0.05, 0) is 95.2 Å². The van der Waals surface area contributed by atoms with Crippen LogP contribution in [0.25, 0.3) is 10.4 Å². The monoisotopic (exact) mass is 585 g/mol. The summed E-state index contributed by atoms with van der Waals surface area (Å²) in [6, 6.07) is 20.3. The molecule has 1 aliphatic carbocycles. The molecule has 0 atom stereocenters. The van der Waals surface area contributed by atoms with E-state index < -0.39 is 0 Å². The normalized spacial score (nSPS) is 14.3. The molecule has 1 fully saturated rings. The number of para-hydroxylation sites is 1. The summed E-state index contributed by atoms with van der Waals surface area (Å²) in [5.41, 5.74) is 4.34. The van der Waals surface area contributed by atoms with Gasteiger partial charge < -0.3 is 10.2 Å². The number of amides is 2. The molecule has 190 valence electrons. The summed E-state index contributed by atoms with van der Waals surface area (Å²) in [7, 11) is 0. The Morgan fingerprint density at radius 1 is 1.03 bits per heavy atom. The maximum Gasteiger partial charge on any atom is 0.275 e. The number of thiophene rings is 1. The molecule has 1 N–H and O–H groups in total. The Morgan fingerprint density at radius 3 is 2.58 bits per heavy atom. The fourth-order valence-corrected chi connectivity index (χ4v) is 6.35. The lowest BCUT2D eigenvalue weighted by molar-refractivity contribution is 0.0974.